The van der Waals surface area contributed by atoms with Crippen LogP contribution in [0.3, 0.4) is 0 Å². The molecule has 0 fully saturated rings. The Morgan fingerprint density at radius 2 is 1.80 bits per heavy atom. The van der Waals surface area contributed by atoms with Crippen LogP contribution in [0, 0.1) is 13.8 Å². The lowest BCUT2D eigenvalue weighted by atomic mass is 10.1. The Labute approximate surface area is 195 Å². The summed E-state index contributed by atoms with van der Waals surface area (Å²) in [5.74, 6) is 1.63. The molecule has 0 bridgehead atoms. The van der Waals surface area contributed by atoms with Crippen molar-refractivity contribution in [1.29, 1.82) is 0 Å². The summed E-state index contributed by atoms with van der Waals surface area (Å²) in [5, 5.41) is 11.4. The summed E-state index contributed by atoms with van der Waals surface area (Å²) in [6.45, 7) is 8.04. The van der Waals surface area contributed by atoms with Crippen LogP contribution in [-0.4, -0.2) is 29.4 Å². The Balaban J connectivity index is 0.00000320. The van der Waals surface area contributed by atoms with Gasteiger partial charge in [0, 0.05) is 25.8 Å². The van der Waals surface area contributed by atoms with Gasteiger partial charge in [0.05, 0.1) is 18.0 Å². The summed E-state index contributed by atoms with van der Waals surface area (Å²) in [5.41, 5.74) is 5.50. The van der Waals surface area contributed by atoms with Crippen LogP contribution in [0.1, 0.15) is 29.4 Å². The maximum atomic E-state index is 5.57. The topological polar surface area (TPSA) is 63.5 Å². The fourth-order valence-electron chi connectivity index (χ4n) is 3.24. The van der Waals surface area contributed by atoms with Gasteiger partial charge in [-0.25, -0.2) is 4.68 Å². The third kappa shape index (κ3) is 6.22. The molecule has 0 atom stereocenters. The average Bonchev–Trinajstić information content (AvgIpc) is 3.07. The quantitative estimate of drug-likeness (QED) is 0.277. The van der Waals surface area contributed by atoms with E-state index in [0.717, 1.165) is 39.9 Å². The lowest BCUT2D eigenvalue weighted by Gasteiger charge is -2.15. The first kappa shape index (κ1) is 23.7. The molecule has 2 aromatic carbocycles. The molecule has 0 radical (unpaired) electrons. The van der Waals surface area contributed by atoms with E-state index < -0.39 is 0 Å². The fraction of sp³-hybridized carbons (Fsp3) is 0.304. The molecule has 1 heterocycles. The van der Waals surface area contributed by atoms with Gasteiger partial charge in [0.2, 0.25) is 0 Å². The number of nitrogens with one attached hydrogen (secondary N) is 2. The summed E-state index contributed by atoms with van der Waals surface area (Å²) in [4.78, 5) is 4.34. The van der Waals surface area contributed by atoms with E-state index in [9.17, 15) is 0 Å². The molecule has 30 heavy (non-hydrogen) atoms. The highest BCUT2D eigenvalue weighted by atomic mass is 127. The number of rotatable bonds is 7. The Hall–Kier alpha value is -2.55. The summed E-state index contributed by atoms with van der Waals surface area (Å²) < 4.78 is 7.56. The molecule has 0 spiro atoms. The number of benzene rings is 2. The molecule has 0 aliphatic heterocycles. The van der Waals surface area contributed by atoms with Crippen LogP contribution in [0.25, 0.3) is 5.69 Å². The van der Waals surface area contributed by atoms with Crippen LogP contribution < -0.4 is 15.4 Å². The number of nitrogens with zero attached hydrogens (tertiary/aromatic N) is 3. The minimum Gasteiger partial charge on any atom is -0.494 e. The predicted molar refractivity (Wildman–Crippen MR) is 133 cm³/mol. The molecule has 0 saturated heterocycles. The van der Waals surface area contributed by atoms with E-state index in [-0.39, 0.29) is 24.0 Å². The van der Waals surface area contributed by atoms with Gasteiger partial charge in [-0.3, -0.25) is 4.99 Å². The van der Waals surface area contributed by atoms with Gasteiger partial charge in [0.25, 0.3) is 0 Å². The van der Waals surface area contributed by atoms with Gasteiger partial charge < -0.3 is 15.4 Å². The first-order valence-corrected chi connectivity index (χ1v) is 9.88. The smallest absolute Gasteiger partial charge is 0.191 e. The van der Waals surface area contributed by atoms with Crippen molar-refractivity contribution in [2.75, 3.05) is 13.7 Å². The minimum atomic E-state index is 0. The van der Waals surface area contributed by atoms with Gasteiger partial charge in [0.15, 0.2) is 5.96 Å². The average molecular weight is 519 g/mol. The number of aromatic nitrogens is 2. The Morgan fingerprint density at radius 3 is 2.50 bits per heavy atom. The molecular weight excluding hydrogens is 489 g/mol. The molecule has 0 aliphatic rings. The van der Waals surface area contributed by atoms with E-state index in [1.54, 1.807) is 7.05 Å². The maximum absolute atomic E-state index is 5.57. The first-order chi connectivity index (χ1) is 14.1. The molecule has 0 aliphatic carbocycles. The number of aryl methyl sites for hydroxylation is 2. The molecule has 7 heteroatoms. The van der Waals surface area contributed by atoms with E-state index in [4.69, 9.17) is 4.74 Å². The highest BCUT2D eigenvalue weighted by Crippen LogP contribution is 2.17. The maximum Gasteiger partial charge on any atom is 0.191 e. The van der Waals surface area contributed by atoms with Gasteiger partial charge in [-0.2, -0.15) is 5.10 Å². The molecule has 160 valence electrons. The largest absolute Gasteiger partial charge is 0.494 e. The second-order valence-corrected chi connectivity index (χ2v) is 6.83. The number of para-hydroxylation sites is 1. The van der Waals surface area contributed by atoms with Crippen molar-refractivity contribution in [2.45, 2.75) is 33.9 Å². The second kappa shape index (κ2) is 11.6. The molecule has 3 aromatic rings. The van der Waals surface area contributed by atoms with E-state index in [1.807, 2.05) is 48.9 Å². The van der Waals surface area contributed by atoms with E-state index >= 15 is 0 Å². The summed E-state index contributed by atoms with van der Waals surface area (Å²) in [6.07, 6.45) is 0. The highest BCUT2D eigenvalue weighted by molar-refractivity contribution is 14.0. The lowest BCUT2D eigenvalue weighted by molar-refractivity contribution is 0.340. The fourth-order valence-corrected chi connectivity index (χ4v) is 3.24. The summed E-state index contributed by atoms with van der Waals surface area (Å²) in [7, 11) is 1.78. The highest BCUT2D eigenvalue weighted by Gasteiger charge is 2.09. The van der Waals surface area contributed by atoms with E-state index in [0.29, 0.717) is 19.7 Å². The SMILES string of the molecule is CCOc1cccc(CNC(=NC)NCc2ccccc2-n2nc(C)cc2C)c1.I. The summed E-state index contributed by atoms with van der Waals surface area (Å²) in [6, 6.07) is 18.4. The standard InChI is InChI=1S/C23H29N5O.HI/c1-5-29-21-11-8-9-19(14-21)15-25-23(24-4)26-16-20-10-6-7-12-22(20)28-18(3)13-17(2)27-28;/h6-14H,5,15-16H2,1-4H3,(H2,24,25,26);1H. The van der Waals surface area contributed by atoms with Crippen molar-refractivity contribution in [1.82, 2.24) is 20.4 Å². The zero-order chi connectivity index (χ0) is 20.6. The third-order valence-electron chi connectivity index (χ3n) is 4.57. The van der Waals surface area contributed by atoms with Crippen LogP contribution in [-0.2, 0) is 13.1 Å². The number of ether oxygens (including phenoxy) is 1. The van der Waals surface area contributed by atoms with Crippen LogP contribution in [0.2, 0.25) is 0 Å². The van der Waals surface area contributed by atoms with Crippen molar-refractivity contribution >= 4 is 29.9 Å². The second-order valence-electron chi connectivity index (χ2n) is 6.83. The van der Waals surface area contributed by atoms with Crippen molar-refractivity contribution in [2.24, 2.45) is 4.99 Å². The normalized spacial score (nSPS) is 11.0. The Morgan fingerprint density at radius 1 is 1.03 bits per heavy atom. The molecule has 6 nitrogen and oxygen atoms in total. The van der Waals surface area contributed by atoms with Crippen molar-refractivity contribution in [3.8, 4) is 11.4 Å². The number of hydrogen-bond acceptors (Lipinski definition) is 3. The molecule has 2 N–H and O–H groups in total. The first-order valence-electron chi connectivity index (χ1n) is 9.88. The predicted octanol–water partition coefficient (Wildman–Crippen LogP) is 4.37. The number of aliphatic imine (C=N–C) groups is 1. The molecule has 3 rings (SSSR count). The van der Waals surface area contributed by atoms with Crippen molar-refractivity contribution < 1.29 is 4.74 Å². The number of halogens is 1. The third-order valence-corrected chi connectivity index (χ3v) is 4.57. The van der Waals surface area contributed by atoms with Crippen molar-refractivity contribution in [3.63, 3.8) is 0 Å². The van der Waals surface area contributed by atoms with Gasteiger partial charge in [-0.15, -0.1) is 24.0 Å². The number of guanidine groups is 1. The minimum absolute atomic E-state index is 0. The molecule has 1 aromatic heterocycles. The van der Waals surface area contributed by atoms with E-state index in [1.165, 1.54) is 0 Å². The molecule has 0 unspecified atom stereocenters. The van der Waals surface area contributed by atoms with Gasteiger partial charge in [0.1, 0.15) is 5.75 Å². The molecule has 0 saturated carbocycles. The van der Waals surface area contributed by atoms with Gasteiger partial charge >= 0.3 is 0 Å². The monoisotopic (exact) mass is 519 g/mol. The molecule has 0 amide bonds. The van der Waals surface area contributed by atoms with E-state index in [2.05, 4.69) is 51.9 Å². The number of hydrogen-bond donors (Lipinski definition) is 2. The van der Waals surface area contributed by atoms with Crippen LogP contribution >= 0.6 is 24.0 Å². The van der Waals surface area contributed by atoms with Gasteiger partial charge in [-0.05, 0) is 56.2 Å². The summed E-state index contributed by atoms with van der Waals surface area (Å²) >= 11 is 0. The van der Waals surface area contributed by atoms with Crippen LogP contribution in [0.15, 0.2) is 59.6 Å². The Bertz CT molecular complexity index is 983. The van der Waals surface area contributed by atoms with Crippen LogP contribution in [0.5, 0.6) is 5.75 Å². The molecular formula is C23H30IN5O. The van der Waals surface area contributed by atoms with Crippen LogP contribution in [0.4, 0.5) is 0 Å². The zero-order valence-corrected chi connectivity index (χ0v) is 20.3. The lowest BCUT2D eigenvalue weighted by Crippen LogP contribution is -2.36. The Kier molecular flexibility index (Phi) is 9.16. The van der Waals surface area contributed by atoms with Gasteiger partial charge in [-0.1, -0.05) is 30.3 Å². The van der Waals surface area contributed by atoms with Crippen molar-refractivity contribution in [3.05, 3.63) is 77.1 Å². The zero-order valence-electron chi connectivity index (χ0n) is 18.0.